The van der Waals surface area contributed by atoms with Crippen molar-refractivity contribution in [2.24, 2.45) is 0 Å². The summed E-state index contributed by atoms with van der Waals surface area (Å²) in [7, 11) is 0. The Labute approximate surface area is 121 Å². The number of carbonyl (C=O) groups excluding carboxylic acids is 1. The van der Waals surface area contributed by atoms with Crippen molar-refractivity contribution in [3.05, 3.63) is 65.2 Å². The molecule has 0 unspecified atom stereocenters. The molecule has 0 aliphatic carbocycles. The first-order valence-corrected chi connectivity index (χ1v) is 6.23. The van der Waals surface area contributed by atoms with Gasteiger partial charge in [0, 0.05) is 12.3 Å². The van der Waals surface area contributed by atoms with E-state index in [9.17, 15) is 9.59 Å². The first-order valence-electron chi connectivity index (χ1n) is 6.23. The van der Waals surface area contributed by atoms with Gasteiger partial charge in [0.2, 0.25) is 11.5 Å². The van der Waals surface area contributed by atoms with Gasteiger partial charge in [0.1, 0.15) is 5.69 Å². The number of rotatable bonds is 5. The van der Waals surface area contributed by atoms with Gasteiger partial charge < -0.3 is 10.2 Å². The van der Waals surface area contributed by atoms with Crippen LogP contribution in [0.25, 0.3) is 0 Å². The molecule has 0 saturated carbocycles. The van der Waals surface area contributed by atoms with E-state index in [1.807, 2.05) is 31.2 Å². The van der Waals surface area contributed by atoms with Gasteiger partial charge in [-0.25, -0.2) is 4.79 Å². The zero-order valence-electron chi connectivity index (χ0n) is 11.4. The van der Waals surface area contributed by atoms with Gasteiger partial charge >= 0.3 is 5.97 Å². The molecular formula is C15H14N2O4. The van der Waals surface area contributed by atoms with Crippen LogP contribution in [-0.2, 0) is 11.3 Å². The van der Waals surface area contributed by atoms with Crippen molar-refractivity contribution in [3.8, 4) is 0 Å². The summed E-state index contributed by atoms with van der Waals surface area (Å²) in [5, 5.41) is 21.6. The lowest BCUT2D eigenvalue weighted by atomic mass is 10.1. The third-order valence-corrected chi connectivity index (χ3v) is 2.85. The third kappa shape index (κ3) is 3.79. The molecule has 2 rings (SSSR count). The minimum Gasteiger partial charge on any atom is -0.502 e. The average Bonchev–Trinajstić information content (AvgIpc) is 2.90. The monoisotopic (exact) mass is 286 g/mol. The van der Waals surface area contributed by atoms with E-state index in [0.717, 1.165) is 11.1 Å². The first kappa shape index (κ1) is 14.5. The zero-order chi connectivity index (χ0) is 15.4. The van der Waals surface area contributed by atoms with Crippen molar-refractivity contribution in [2.75, 3.05) is 0 Å². The highest BCUT2D eigenvalue weighted by atomic mass is 16.4. The van der Waals surface area contributed by atoms with E-state index < -0.39 is 17.5 Å². The molecule has 1 heterocycles. The molecule has 0 atom stereocenters. The number of hydrogen-bond donors (Lipinski definition) is 2. The normalized spacial score (nSPS) is 11.4. The molecule has 0 bridgehead atoms. The second-order valence-corrected chi connectivity index (χ2v) is 4.58. The van der Waals surface area contributed by atoms with E-state index >= 15 is 0 Å². The molecule has 1 aromatic heterocycles. The van der Waals surface area contributed by atoms with Gasteiger partial charge in [-0.1, -0.05) is 29.8 Å². The molecular weight excluding hydrogens is 272 g/mol. The molecule has 0 radical (unpaired) electrons. The standard InChI is InChI=1S/C15H14N2O4/c1-10-2-4-11(5-3-10)9-17-7-6-12(16-17)13(18)8-14(19)15(20)21/h2-8,19H,9H2,1H3,(H,20,21). The molecule has 2 N–H and O–H groups in total. The number of carboxylic acids is 1. The van der Waals surface area contributed by atoms with E-state index in [-0.39, 0.29) is 5.69 Å². The second-order valence-electron chi connectivity index (χ2n) is 4.58. The average molecular weight is 286 g/mol. The fourth-order valence-electron chi connectivity index (χ4n) is 1.72. The van der Waals surface area contributed by atoms with Gasteiger partial charge in [0.25, 0.3) is 0 Å². The maximum absolute atomic E-state index is 11.7. The third-order valence-electron chi connectivity index (χ3n) is 2.85. The molecule has 6 nitrogen and oxygen atoms in total. The fourth-order valence-corrected chi connectivity index (χ4v) is 1.72. The largest absolute Gasteiger partial charge is 0.502 e. The Kier molecular flexibility index (Phi) is 4.18. The van der Waals surface area contributed by atoms with Crippen LogP contribution in [0.2, 0.25) is 0 Å². The predicted molar refractivity (Wildman–Crippen MR) is 75.2 cm³/mol. The molecule has 2 aromatic rings. The van der Waals surface area contributed by atoms with E-state index in [4.69, 9.17) is 10.2 Å². The molecule has 0 aliphatic rings. The molecule has 0 aliphatic heterocycles. The van der Waals surface area contributed by atoms with Gasteiger partial charge in [-0.2, -0.15) is 5.10 Å². The van der Waals surface area contributed by atoms with Gasteiger partial charge in [0.15, 0.2) is 0 Å². The number of nitrogens with zero attached hydrogens (tertiary/aromatic N) is 2. The summed E-state index contributed by atoms with van der Waals surface area (Å²) in [5.74, 6) is -3.21. The maximum atomic E-state index is 11.7. The van der Waals surface area contributed by atoms with Crippen LogP contribution >= 0.6 is 0 Å². The number of aliphatic carboxylic acids is 1. The number of allylic oxidation sites excluding steroid dienone is 1. The number of carboxylic acid groups (broad SMARTS) is 1. The fraction of sp³-hybridized carbons (Fsp3) is 0.133. The van der Waals surface area contributed by atoms with Gasteiger partial charge in [0.05, 0.1) is 6.54 Å². The predicted octanol–water partition coefficient (Wildman–Crippen LogP) is 1.95. The molecule has 1 aromatic carbocycles. The van der Waals surface area contributed by atoms with Crippen LogP contribution in [0.15, 0.2) is 48.4 Å². The minimum absolute atomic E-state index is 0.0786. The Morgan fingerprint density at radius 3 is 2.48 bits per heavy atom. The van der Waals surface area contributed by atoms with Crippen molar-refractivity contribution in [2.45, 2.75) is 13.5 Å². The van der Waals surface area contributed by atoms with Crippen LogP contribution in [0.4, 0.5) is 0 Å². The van der Waals surface area contributed by atoms with Crippen LogP contribution in [0.3, 0.4) is 0 Å². The Balaban J connectivity index is 2.11. The van der Waals surface area contributed by atoms with E-state index in [2.05, 4.69) is 5.10 Å². The lowest BCUT2D eigenvalue weighted by Crippen LogP contribution is -2.06. The number of carbonyl (C=O) groups is 2. The smallest absolute Gasteiger partial charge is 0.371 e. The lowest BCUT2D eigenvalue weighted by Gasteiger charge is -2.02. The summed E-state index contributed by atoms with van der Waals surface area (Å²) in [6, 6.07) is 9.38. The van der Waals surface area contributed by atoms with Crippen LogP contribution < -0.4 is 0 Å². The highest BCUT2D eigenvalue weighted by molar-refractivity contribution is 6.06. The van der Waals surface area contributed by atoms with Crippen molar-refractivity contribution in [1.82, 2.24) is 9.78 Å². The molecule has 0 saturated heterocycles. The Morgan fingerprint density at radius 2 is 1.86 bits per heavy atom. The summed E-state index contributed by atoms with van der Waals surface area (Å²) in [6.07, 6.45) is 2.26. The van der Waals surface area contributed by atoms with E-state index in [0.29, 0.717) is 12.6 Å². The lowest BCUT2D eigenvalue weighted by molar-refractivity contribution is -0.135. The van der Waals surface area contributed by atoms with Crippen LogP contribution in [0.5, 0.6) is 0 Å². The maximum Gasteiger partial charge on any atom is 0.371 e. The molecule has 21 heavy (non-hydrogen) atoms. The van der Waals surface area contributed by atoms with E-state index in [1.165, 1.54) is 6.07 Å². The molecule has 0 spiro atoms. The highest BCUT2D eigenvalue weighted by Gasteiger charge is 2.12. The van der Waals surface area contributed by atoms with Crippen LogP contribution in [-0.4, -0.2) is 31.7 Å². The minimum atomic E-state index is -1.55. The summed E-state index contributed by atoms with van der Waals surface area (Å²) in [4.78, 5) is 22.1. The Morgan fingerprint density at radius 1 is 1.19 bits per heavy atom. The second kappa shape index (κ2) is 6.04. The number of hydrogen-bond acceptors (Lipinski definition) is 4. The molecule has 0 amide bonds. The van der Waals surface area contributed by atoms with Crippen molar-refractivity contribution in [1.29, 1.82) is 0 Å². The summed E-state index contributed by atoms with van der Waals surface area (Å²) < 4.78 is 1.57. The number of benzene rings is 1. The zero-order valence-corrected chi connectivity index (χ0v) is 11.4. The Bertz CT molecular complexity index is 699. The molecule has 108 valence electrons. The quantitative estimate of drug-likeness (QED) is 0.498. The SMILES string of the molecule is Cc1ccc(Cn2ccc(C(=O)C=C(O)C(=O)O)n2)cc1. The van der Waals surface area contributed by atoms with Gasteiger partial charge in [-0.15, -0.1) is 0 Å². The van der Waals surface area contributed by atoms with Gasteiger partial charge in [-0.05, 0) is 18.6 Å². The summed E-state index contributed by atoms with van der Waals surface area (Å²) >= 11 is 0. The highest BCUT2D eigenvalue weighted by Crippen LogP contribution is 2.07. The van der Waals surface area contributed by atoms with Crippen molar-refractivity contribution < 1.29 is 19.8 Å². The van der Waals surface area contributed by atoms with Crippen LogP contribution in [0.1, 0.15) is 21.6 Å². The van der Waals surface area contributed by atoms with Crippen molar-refractivity contribution >= 4 is 11.8 Å². The number of aryl methyl sites for hydroxylation is 1. The number of ketones is 1. The number of aromatic nitrogens is 2. The number of aliphatic hydroxyl groups is 1. The van der Waals surface area contributed by atoms with Crippen molar-refractivity contribution in [3.63, 3.8) is 0 Å². The summed E-state index contributed by atoms with van der Waals surface area (Å²) in [5.41, 5.74) is 2.27. The Hall–Kier alpha value is -2.89. The first-order chi connectivity index (χ1) is 9.95. The summed E-state index contributed by atoms with van der Waals surface area (Å²) in [6.45, 7) is 2.50. The van der Waals surface area contributed by atoms with Gasteiger partial charge in [-0.3, -0.25) is 9.48 Å². The molecule has 0 fully saturated rings. The van der Waals surface area contributed by atoms with Crippen LogP contribution in [0, 0.1) is 6.92 Å². The van der Waals surface area contributed by atoms with E-state index in [1.54, 1.807) is 10.9 Å². The molecule has 6 heteroatoms. The number of aliphatic hydroxyl groups excluding tert-OH is 1. The topological polar surface area (TPSA) is 92.4 Å².